The number of unbranched alkanes of at least 4 members (excludes halogenated alkanes) is 6. The Labute approximate surface area is 112 Å². The van der Waals surface area contributed by atoms with E-state index in [1.165, 1.54) is 32.6 Å². The minimum absolute atomic E-state index is 0.0249. The summed E-state index contributed by atoms with van der Waals surface area (Å²) in [5.74, 6) is 0. The van der Waals surface area contributed by atoms with Crippen LogP contribution in [0.15, 0.2) is 0 Å². The largest absolute Gasteiger partial charge is 0.218 e. The Hall–Kier alpha value is -0.620. The Morgan fingerprint density at radius 3 is 1.72 bits per heavy atom. The smallest absolute Gasteiger partial charge is 0.184 e. The normalized spacial score (nSPS) is 10.1. The first-order chi connectivity index (χ1) is 8.50. The molecule has 0 aliphatic heterocycles. The topological polar surface area (TPSA) is 68.3 Å². The summed E-state index contributed by atoms with van der Waals surface area (Å²) in [4.78, 5) is -0.0359. The number of hydrogen-bond donors (Lipinski definition) is 0. The van der Waals surface area contributed by atoms with E-state index in [2.05, 4.69) is 6.92 Å². The molecule has 0 aromatic rings. The Bertz CT molecular complexity index is 482. The Morgan fingerprint density at radius 1 is 0.778 bits per heavy atom. The summed E-state index contributed by atoms with van der Waals surface area (Å²) < 4.78 is 43.3. The van der Waals surface area contributed by atoms with Crippen LogP contribution in [0.4, 0.5) is 0 Å². The molecule has 0 aromatic carbocycles. The molecule has 0 aromatic heterocycles. The molecule has 0 atom stereocenters. The van der Waals surface area contributed by atoms with Gasteiger partial charge in [0.25, 0.3) is 0 Å². The van der Waals surface area contributed by atoms with Crippen molar-refractivity contribution in [1.82, 2.24) is 0 Å². The maximum atomic E-state index is 10.9. The van der Waals surface area contributed by atoms with Gasteiger partial charge in [0.05, 0.1) is 9.73 Å². The lowest BCUT2D eigenvalue weighted by Gasteiger charge is -2.01. The Balaban J connectivity index is 4.12. The van der Waals surface area contributed by atoms with E-state index >= 15 is 0 Å². The minimum atomic E-state index is -2.44. The first-order valence-corrected chi connectivity index (χ1v) is 8.54. The van der Waals surface area contributed by atoms with Gasteiger partial charge in [0.1, 0.15) is 0 Å². The second kappa shape index (κ2) is 10.3. The van der Waals surface area contributed by atoms with Gasteiger partial charge in [-0.05, 0) is 19.8 Å². The molecule has 0 heterocycles. The molecule has 0 amide bonds. The minimum Gasteiger partial charge on any atom is -0.184 e. The molecule has 0 unspecified atom stereocenters. The van der Waals surface area contributed by atoms with Crippen molar-refractivity contribution in [2.75, 3.05) is 0 Å². The summed E-state index contributed by atoms with van der Waals surface area (Å²) in [6.45, 7) is 3.49. The number of rotatable bonds is 9. The third-order valence-electron chi connectivity index (χ3n) is 2.85. The lowest BCUT2D eigenvalue weighted by atomic mass is 10.1. The maximum absolute atomic E-state index is 10.9. The second-order valence-electron chi connectivity index (χ2n) is 4.32. The van der Waals surface area contributed by atoms with E-state index in [0.29, 0.717) is 6.42 Å². The molecule has 0 saturated carbocycles. The molecule has 0 radical (unpaired) electrons. The highest BCUT2D eigenvalue weighted by atomic mass is 32.2. The first-order valence-electron chi connectivity index (χ1n) is 6.39. The summed E-state index contributed by atoms with van der Waals surface area (Å²) in [5, 5.41) is 0. The Kier molecular flexibility index (Phi) is 9.96. The van der Waals surface area contributed by atoms with Crippen LogP contribution in [0.2, 0.25) is 0 Å². The summed E-state index contributed by atoms with van der Waals surface area (Å²) in [7, 11) is -4.86. The van der Waals surface area contributed by atoms with Gasteiger partial charge in [-0.2, -0.15) is 16.8 Å². The molecule has 0 N–H and O–H groups in total. The zero-order valence-corrected chi connectivity index (χ0v) is 12.7. The van der Waals surface area contributed by atoms with Gasteiger partial charge in [-0.1, -0.05) is 45.4 Å². The van der Waals surface area contributed by atoms with Crippen molar-refractivity contribution < 1.29 is 16.8 Å². The fraction of sp³-hybridized carbons (Fsp3) is 0.833. The molecule has 0 bridgehead atoms. The molecule has 18 heavy (non-hydrogen) atoms. The van der Waals surface area contributed by atoms with E-state index in [1.54, 1.807) is 0 Å². The van der Waals surface area contributed by atoms with E-state index in [-0.39, 0.29) is 9.73 Å². The van der Waals surface area contributed by atoms with E-state index < -0.39 is 20.6 Å². The van der Waals surface area contributed by atoms with Gasteiger partial charge in [0, 0.05) is 0 Å². The summed E-state index contributed by atoms with van der Waals surface area (Å²) in [6.07, 6.45) is 7.91. The first kappa shape index (κ1) is 17.4. The number of hydrogen-bond acceptors (Lipinski definition) is 4. The van der Waals surface area contributed by atoms with Crippen molar-refractivity contribution in [1.29, 1.82) is 0 Å². The van der Waals surface area contributed by atoms with Crippen LogP contribution in [0.25, 0.3) is 0 Å². The van der Waals surface area contributed by atoms with Crippen molar-refractivity contribution in [2.24, 2.45) is 0 Å². The molecule has 0 rings (SSSR count). The second-order valence-corrected chi connectivity index (χ2v) is 6.36. The van der Waals surface area contributed by atoms with E-state index in [4.69, 9.17) is 0 Å². The molecular formula is C12H22O4S2. The van der Waals surface area contributed by atoms with E-state index in [0.717, 1.165) is 19.3 Å². The monoisotopic (exact) mass is 294 g/mol. The predicted octanol–water partition coefficient (Wildman–Crippen LogP) is 2.25. The SMILES string of the molecule is CCCCCCCCCC(C(C)=S(=O)=O)=S(=O)=O. The van der Waals surface area contributed by atoms with Gasteiger partial charge in [-0.15, -0.1) is 0 Å². The van der Waals surface area contributed by atoms with E-state index in [1.807, 2.05) is 0 Å². The lowest BCUT2D eigenvalue weighted by Crippen LogP contribution is -2.12. The van der Waals surface area contributed by atoms with Crippen LogP contribution in [-0.4, -0.2) is 26.6 Å². The van der Waals surface area contributed by atoms with Crippen molar-refractivity contribution >= 4 is 30.3 Å². The van der Waals surface area contributed by atoms with Crippen molar-refractivity contribution in [2.45, 2.75) is 65.2 Å². The quantitative estimate of drug-likeness (QED) is 0.483. The van der Waals surface area contributed by atoms with Crippen LogP contribution in [0, 0.1) is 0 Å². The van der Waals surface area contributed by atoms with Gasteiger partial charge < -0.3 is 0 Å². The summed E-state index contributed by atoms with van der Waals surface area (Å²) in [5.41, 5.74) is 0. The molecule has 0 fully saturated rings. The maximum Gasteiger partial charge on any atom is 0.218 e. The van der Waals surface area contributed by atoms with Gasteiger partial charge in [0.15, 0.2) is 0 Å². The van der Waals surface area contributed by atoms with Crippen molar-refractivity contribution in [3.05, 3.63) is 0 Å². The van der Waals surface area contributed by atoms with Gasteiger partial charge in [-0.25, -0.2) is 0 Å². The predicted molar refractivity (Wildman–Crippen MR) is 76.1 cm³/mol. The average molecular weight is 294 g/mol. The van der Waals surface area contributed by atoms with Crippen LogP contribution < -0.4 is 0 Å². The fourth-order valence-electron chi connectivity index (χ4n) is 1.71. The Morgan fingerprint density at radius 2 is 1.28 bits per heavy atom. The highest BCUT2D eigenvalue weighted by molar-refractivity contribution is 7.82. The zero-order valence-electron chi connectivity index (χ0n) is 11.1. The van der Waals surface area contributed by atoms with Crippen LogP contribution in [0.5, 0.6) is 0 Å². The highest BCUT2D eigenvalue weighted by Crippen LogP contribution is 2.09. The molecule has 4 nitrogen and oxygen atoms in total. The average Bonchev–Trinajstić information content (AvgIpc) is 2.31. The molecule has 6 heteroatoms. The van der Waals surface area contributed by atoms with E-state index in [9.17, 15) is 16.8 Å². The van der Waals surface area contributed by atoms with Crippen molar-refractivity contribution in [3.63, 3.8) is 0 Å². The van der Waals surface area contributed by atoms with Gasteiger partial charge in [0.2, 0.25) is 20.6 Å². The van der Waals surface area contributed by atoms with Gasteiger partial charge >= 0.3 is 0 Å². The molecule has 0 aliphatic rings. The third kappa shape index (κ3) is 7.66. The molecular weight excluding hydrogens is 272 g/mol. The van der Waals surface area contributed by atoms with Crippen LogP contribution in [0.3, 0.4) is 0 Å². The third-order valence-corrected chi connectivity index (χ3v) is 4.64. The molecule has 0 aliphatic carbocycles. The summed E-state index contributed by atoms with van der Waals surface area (Å²) in [6, 6.07) is 0. The summed E-state index contributed by atoms with van der Waals surface area (Å²) >= 11 is 0. The van der Waals surface area contributed by atoms with Crippen LogP contribution >= 0.6 is 0 Å². The highest BCUT2D eigenvalue weighted by Gasteiger charge is 2.07. The van der Waals surface area contributed by atoms with Crippen LogP contribution in [0.1, 0.15) is 65.2 Å². The molecule has 106 valence electrons. The fourth-order valence-corrected chi connectivity index (χ4v) is 2.95. The zero-order chi connectivity index (χ0) is 14.0. The molecule has 0 spiro atoms. The lowest BCUT2D eigenvalue weighted by molar-refractivity contribution is 0.595. The van der Waals surface area contributed by atoms with Crippen molar-refractivity contribution in [3.8, 4) is 0 Å². The molecule has 0 saturated heterocycles. The van der Waals surface area contributed by atoms with Gasteiger partial charge in [-0.3, -0.25) is 0 Å². The van der Waals surface area contributed by atoms with Crippen LogP contribution in [-0.2, 0) is 20.6 Å². The standard InChI is InChI=1S/C12H22O4S2/c1-3-4-5-6-7-8-9-10-12(18(15)16)11(2)17(13)14/h3-10H2,1-2H3.